The molecule has 1 aromatic rings. The number of methoxy groups -OCH3 is 1. The number of nitrogens with zero attached hydrogens (tertiary/aromatic N) is 2. The van der Waals surface area contributed by atoms with E-state index in [2.05, 4.69) is 20.9 Å². The Bertz CT molecular complexity index is 672. The van der Waals surface area contributed by atoms with E-state index >= 15 is 0 Å². The van der Waals surface area contributed by atoms with Crippen molar-refractivity contribution < 1.29 is 14.3 Å². The number of aromatic nitrogens is 1. The van der Waals surface area contributed by atoms with Gasteiger partial charge in [-0.3, -0.25) is 0 Å². The third-order valence-electron chi connectivity index (χ3n) is 2.79. The Balaban J connectivity index is 2.62. The Morgan fingerprint density at radius 2 is 2.40 bits per heavy atom. The predicted molar refractivity (Wildman–Crippen MR) is 75.2 cm³/mol. The molecule has 0 saturated heterocycles. The second kappa shape index (κ2) is 5.64. The van der Waals surface area contributed by atoms with Crippen LogP contribution in [-0.2, 0) is 14.3 Å². The van der Waals surface area contributed by atoms with E-state index in [0.29, 0.717) is 14.6 Å². The Hall–Kier alpha value is -1.85. The average Bonchev–Trinajstić information content (AvgIpc) is 2.83. The van der Waals surface area contributed by atoms with E-state index in [0.717, 1.165) is 0 Å². The van der Waals surface area contributed by atoms with E-state index in [-0.39, 0.29) is 17.0 Å². The number of nitriles is 1. The first-order chi connectivity index (χ1) is 9.49. The highest BCUT2D eigenvalue weighted by atomic mass is 79.9. The van der Waals surface area contributed by atoms with Gasteiger partial charge in [0.25, 0.3) is 0 Å². The van der Waals surface area contributed by atoms with E-state index < -0.39 is 11.9 Å². The van der Waals surface area contributed by atoms with Gasteiger partial charge in [0.05, 0.1) is 18.6 Å². The van der Waals surface area contributed by atoms with E-state index in [1.165, 1.54) is 18.4 Å². The summed E-state index contributed by atoms with van der Waals surface area (Å²) in [6.07, 6.45) is 1.59. The number of nitrogens with two attached hydrogens (primary N) is 1. The Kier molecular flexibility index (Phi) is 4.11. The summed E-state index contributed by atoms with van der Waals surface area (Å²) in [5, 5.41) is 9.29. The quantitative estimate of drug-likeness (QED) is 0.816. The zero-order valence-electron chi connectivity index (χ0n) is 10.6. The molecular formula is C12H10BrN3O3S. The SMILES string of the molecule is COC(=O)C1=C(C)OC(N)=C(C#N)C1c1cnc(Br)s1. The lowest BCUT2D eigenvalue weighted by atomic mass is 9.88. The zero-order valence-corrected chi connectivity index (χ0v) is 13.0. The van der Waals surface area contributed by atoms with Crippen LogP contribution in [0.4, 0.5) is 0 Å². The largest absolute Gasteiger partial charge is 0.466 e. The molecule has 0 aliphatic carbocycles. The fourth-order valence-electron chi connectivity index (χ4n) is 1.94. The van der Waals surface area contributed by atoms with Gasteiger partial charge >= 0.3 is 5.97 Å². The van der Waals surface area contributed by atoms with Crippen LogP contribution in [0.25, 0.3) is 0 Å². The van der Waals surface area contributed by atoms with Crippen LogP contribution in [0.2, 0.25) is 0 Å². The van der Waals surface area contributed by atoms with Crippen LogP contribution in [0.5, 0.6) is 0 Å². The van der Waals surface area contributed by atoms with Gasteiger partial charge < -0.3 is 15.2 Å². The molecule has 0 amide bonds. The predicted octanol–water partition coefficient (Wildman–Crippen LogP) is 2.16. The third kappa shape index (κ3) is 2.42. The Morgan fingerprint density at radius 3 is 2.90 bits per heavy atom. The van der Waals surface area contributed by atoms with Crippen LogP contribution >= 0.6 is 27.3 Å². The highest BCUT2D eigenvalue weighted by molar-refractivity contribution is 9.11. The highest BCUT2D eigenvalue weighted by Gasteiger charge is 2.37. The van der Waals surface area contributed by atoms with Crippen LogP contribution in [0.1, 0.15) is 17.7 Å². The zero-order chi connectivity index (χ0) is 14.9. The Morgan fingerprint density at radius 1 is 1.70 bits per heavy atom. The van der Waals surface area contributed by atoms with Crippen molar-refractivity contribution in [2.45, 2.75) is 12.8 Å². The molecule has 1 atom stereocenters. The molecular weight excluding hydrogens is 346 g/mol. The number of thiazole rings is 1. The maximum absolute atomic E-state index is 12.0. The van der Waals surface area contributed by atoms with Gasteiger partial charge in [-0.1, -0.05) is 0 Å². The summed E-state index contributed by atoms with van der Waals surface area (Å²) in [5.41, 5.74) is 6.17. The molecule has 2 heterocycles. The van der Waals surface area contributed by atoms with Gasteiger partial charge in [-0.05, 0) is 22.9 Å². The summed E-state index contributed by atoms with van der Waals surface area (Å²) in [4.78, 5) is 16.8. The number of allylic oxidation sites excluding steroid dienone is 2. The summed E-state index contributed by atoms with van der Waals surface area (Å²) in [7, 11) is 1.27. The third-order valence-corrected chi connectivity index (χ3v) is 4.33. The number of hydrogen-bond donors (Lipinski definition) is 1. The summed E-state index contributed by atoms with van der Waals surface area (Å²) < 4.78 is 10.7. The molecule has 2 N–H and O–H groups in total. The normalized spacial score (nSPS) is 18.6. The summed E-state index contributed by atoms with van der Waals surface area (Å²) in [6, 6.07) is 1.99. The van der Waals surface area contributed by atoms with Crippen molar-refractivity contribution in [3.05, 3.63) is 37.8 Å². The van der Waals surface area contributed by atoms with Crippen molar-refractivity contribution >= 4 is 33.2 Å². The van der Waals surface area contributed by atoms with E-state index in [4.69, 9.17) is 15.2 Å². The van der Waals surface area contributed by atoms with Gasteiger partial charge in [0.15, 0.2) is 3.92 Å². The fourth-order valence-corrected chi connectivity index (χ4v) is 3.36. The molecule has 1 aromatic heterocycles. The number of ether oxygens (including phenoxy) is 2. The van der Waals surface area contributed by atoms with Gasteiger partial charge in [-0.15, -0.1) is 11.3 Å². The molecule has 0 bridgehead atoms. The van der Waals surface area contributed by atoms with Crippen LogP contribution in [0.3, 0.4) is 0 Å². The first-order valence-corrected chi connectivity index (χ1v) is 7.08. The Labute approximate surface area is 127 Å². The molecule has 104 valence electrons. The average molecular weight is 356 g/mol. The lowest BCUT2D eigenvalue weighted by molar-refractivity contribution is -0.136. The van der Waals surface area contributed by atoms with Crippen molar-refractivity contribution in [2.75, 3.05) is 7.11 Å². The topological polar surface area (TPSA) is 98.2 Å². The van der Waals surface area contributed by atoms with Gasteiger partial charge in [-0.25, -0.2) is 9.78 Å². The number of rotatable bonds is 2. The van der Waals surface area contributed by atoms with Crippen LogP contribution in [-0.4, -0.2) is 18.1 Å². The minimum absolute atomic E-state index is 0.00724. The number of carbonyl (C=O) groups excluding carboxylic acids is 1. The van der Waals surface area contributed by atoms with Crippen LogP contribution in [0, 0.1) is 11.3 Å². The summed E-state index contributed by atoms with van der Waals surface area (Å²) >= 11 is 4.57. The number of carbonyl (C=O) groups is 1. The van der Waals surface area contributed by atoms with E-state index in [9.17, 15) is 10.1 Å². The van der Waals surface area contributed by atoms with Crippen LogP contribution < -0.4 is 5.73 Å². The molecule has 0 aromatic carbocycles. The molecule has 20 heavy (non-hydrogen) atoms. The smallest absolute Gasteiger partial charge is 0.338 e. The molecule has 0 radical (unpaired) electrons. The monoisotopic (exact) mass is 355 g/mol. The van der Waals surface area contributed by atoms with Crippen LogP contribution in [0.15, 0.2) is 32.9 Å². The molecule has 0 spiro atoms. The van der Waals surface area contributed by atoms with Gasteiger partial charge in [0, 0.05) is 11.1 Å². The highest BCUT2D eigenvalue weighted by Crippen LogP contribution is 2.42. The first kappa shape index (κ1) is 14.6. The fraction of sp³-hybridized carbons (Fsp3) is 0.250. The lowest BCUT2D eigenvalue weighted by Gasteiger charge is -2.25. The number of hydrogen-bond acceptors (Lipinski definition) is 7. The molecule has 2 rings (SSSR count). The molecule has 6 nitrogen and oxygen atoms in total. The molecule has 1 aliphatic heterocycles. The van der Waals surface area contributed by atoms with Crippen molar-refractivity contribution in [3.63, 3.8) is 0 Å². The minimum Gasteiger partial charge on any atom is -0.466 e. The molecule has 0 fully saturated rings. The molecule has 1 unspecified atom stereocenters. The van der Waals surface area contributed by atoms with Crippen molar-refractivity contribution in [2.24, 2.45) is 5.73 Å². The van der Waals surface area contributed by atoms with Gasteiger partial charge in [-0.2, -0.15) is 5.26 Å². The lowest BCUT2D eigenvalue weighted by Crippen LogP contribution is -2.24. The van der Waals surface area contributed by atoms with Crippen molar-refractivity contribution in [3.8, 4) is 6.07 Å². The maximum Gasteiger partial charge on any atom is 0.338 e. The molecule has 8 heteroatoms. The standard InChI is InChI=1S/C12H10BrN3O3S/c1-5-8(11(17)18-2)9(6(3-14)10(15)19-5)7-4-16-12(13)20-7/h4,9H,15H2,1-2H3. The van der Waals surface area contributed by atoms with E-state index in [1.54, 1.807) is 13.1 Å². The first-order valence-electron chi connectivity index (χ1n) is 5.47. The maximum atomic E-state index is 12.0. The van der Waals surface area contributed by atoms with Gasteiger partial charge in [0.1, 0.15) is 17.4 Å². The van der Waals surface area contributed by atoms with E-state index in [1.807, 2.05) is 6.07 Å². The molecule has 0 saturated carbocycles. The second-order valence-electron chi connectivity index (χ2n) is 3.90. The van der Waals surface area contributed by atoms with Gasteiger partial charge in [0.2, 0.25) is 5.88 Å². The van der Waals surface area contributed by atoms with Crippen molar-refractivity contribution in [1.29, 1.82) is 5.26 Å². The summed E-state index contributed by atoms with van der Waals surface area (Å²) in [6.45, 7) is 1.61. The molecule has 1 aliphatic rings. The van der Waals surface area contributed by atoms with Crippen molar-refractivity contribution in [1.82, 2.24) is 4.98 Å². The minimum atomic E-state index is -0.620. The number of esters is 1. The second-order valence-corrected chi connectivity index (χ2v) is 6.24. The number of halogens is 1. The summed E-state index contributed by atoms with van der Waals surface area (Å²) in [5.74, 6) is -0.864.